The molecule has 4 heteroatoms. The smallest absolute Gasteiger partial charge is 0.185 e. The summed E-state index contributed by atoms with van der Waals surface area (Å²) in [6.07, 6.45) is 6.69. The summed E-state index contributed by atoms with van der Waals surface area (Å²) < 4.78 is 11.5. The molecule has 0 fully saturated rings. The standard InChI is InChI=1S/C28H29NO3/c1-31-28-21-22(14-16-26(30)24-10-3-2-4-11-24)15-17-27(28)32-20-8-19-29-18-7-12-23-9-5-6-13-25(23)29/h2-6,9-11,13-17,21H,7-8,12,18-20H2,1H3/b16-14+. The van der Waals surface area contributed by atoms with E-state index in [-0.39, 0.29) is 5.78 Å². The zero-order valence-corrected chi connectivity index (χ0v) is 18.5. The molecule has 0 aromatic heterocycles. The number of rotatable bonds is 9. The van der Waals surface area contributed by atoms with Crippen LogP contribution >= 0.6 is 0 Å². The van der Waals surface area contributed by atoms with Crippen molar-refractivity contribution in [2.45, 2.75) is 19.3 Å². The lowest BCUT2D eigenvalue weighted by Crippen LogP contribution is -2.31. The summed E-state index contributed by atoms with van der Waals surface area (Å²) in [4.78, 5) is 14.7. The van der Waals surface area contributed by atoms with Crippen LogP contribution in [0.1, 0.15) is 34.3 Å². The van der Waals surface area contributed by atoms with Crippen LogP contribution in [0.2, 0.25) is 0 Å². The Kier molecular flexibility index (Phi) is 7.23. The van der Waals surface area contributed by atoms with Crippen LogP contribution in [-0.2, 0) is 6.42 Å². The third-order valence-corrected chi connectivity index (χ3v) is 5.71. The molecule has 0 atom stereocenters. The number of nitrogens with zero attached hydrogens (tertiary/aromatic N) is 1. The van der Waals surface area contributed by atoms with Crippen molar-refractivity contribution in [3.63, 3.8) is 0 Å². The Balaban J connectivity index is 1.32. The van der Waals surface area contributed by atoms with E-state index in [1.165, 1.54) is 17.7 Å². The minimum absolute atomic E-state index is 0.0239. The first-order valence-electron chi connectivity index (χ1n) is 11.2. The molecule has 4 rings (SSSR count). The van der Waals surface area contributed by atoms with E-state index in [0.29, 0.717) is 17.9 Å². The third kappa shape index (κ3) is 5.38. The molecule has 0 unspecified atom stereocenters. The maximum Gasteiger partial charge on any atom is 0.185 e. The van der Waals surface area contributed by atoms with Gasteiger partial charge in [0.2, 0.25) is 0 Å². The summed E-state index contributed by atoms with van der Waals surface area (Å²) in [6.45, 7) is 2.70. The normalized spacial score (nSPS) is 13.1. The summed E-state index contributed by atoms with van der Waals surface area (Å²) >= 11 is 0. The summed E-state index contributed by atoms with van der Waals surface area (Å²) in [5, 5.41) is 0. The first kappa shape index (κ1) is 21.7. The number of ether oxygens (including phenoxy) is 2. The van der Waals surface area contributed by atoms with Crippen LogP contribution < -0.4 is 14.4 Å². The molecule has 3 aromatic rings. The molecule has 0 aliphatic carbocycles. The molecule has 0 N–H and O–H groups in total. The van der Waals surface area contributed by atoms with Crippen molar-refractivity contribution in [3.05, 3.63) is 95.6 Å². The minimum atomic E-state index is -0.0239. The summed E-state index contributed by atoms with van der Waals surface area (Å²) in [5.41, 5.74) is 4.36. The maximum atomic E-state index is 12.3. The molecule has 0 bridgehead atoms. The second kappa shape index (κ2) is 10.7. The van der Waals surface area contributed by atoms with Crippen molar-refractivity contribution >= 4 is 17.5 Å². The monoisotopic (exact) mass is 427 g/mol. The first-order chi connectivity index (χ1) is 15.7. The van der Waals surface area contributed by atoms with Gasteiger partial charge in [-0.05, 0) is 54.7 Å². The molecule has 0 saturated carbocycles. The highest BCUT2D eigenvalue weighted by Gasteiger charge is 2.15. The topological polar surface area (TPSA) is 38.8 Å². The Morgan fingerprint density at radius 1 is 1.00 bits per heavy atom. The SMILES string of the molecule is COc1cc(/C=C/C(=O)c2ccccc2)ccc1OCCCN1CCCc2ccccc21. The van der Waals surface area contributed by atoms with Crippen molar-refractivity contribution in [2.24, 2.45) is 0 Å². The highest BCUT2D eigenvalue weighted by Crippen LogP contribution is 2.29. The maximum absolute atomic E-state index is 12.3. The van der Waals surface area contributed by atoms with Gasteiger partial charge in [0.15, 0.2) is 17.3 Å². The Labute approximate surface area is 190 Å². The lowest BCUT2D eigenvalue weighted by Gasteiger charge is -2.31. The predicted molar refractivity (Wildman–Crippen MR) is 130 cm³/mol. The van der Waals surface area contributed by atoms with Crippen molar-refractivity contribution in [1.82, 2.24) is 0 Å². The quantitative estimate of drug-likeness (QED) is 0.245. The molecule has 0 amide bonds. The lowest BCUT2D eigenvalue weighted by molar-refractivity contribution is 0.104. The van der Waals surface area contributed by atoms with E-state index >= 15 is 0 Å². The fourth-order valence-electron chi connectivity index (χ4n) is 4.06. The van der Waals surface area contributed by atoms with Crippen LogP contribution in [0.4, 0.5) is 5.69 Å². The molecule has 4 nitrogen and oxygen atoms in total. The number of carbonyl (C=O) groups is 1. The number of carbonyl (C=O) groups excluding carboxylic acids is 1. The number of hydrogen-bond donors (Lipinski definition) is 0. The molecule has 1 aliphatic heterocycles. The fourth-order valence-corrected chi connectivity index (χ4v) is 4.06. The molecule has 1 heterocycles. The number of allylic oxidation sites excluding steroid dienone is 1. The van der Waals surface area contributed by atoms with Gasteiger partial charge >= 0.3 is 0 Å². The van der Waals surface area contributed by atoms with Gasteiger partial charge in [0, 0.05) is 24.3 Å². The van der Waals surface area contributed by atoms with Gasteiger partial charge in [0.1, 0.15) is 0 Å². The number of benzene rings is 3. The van der Waals surface area contributed by atoms with Gasteiger partial charge < -0.3 is 14.4 Å². The van der Waals surface area contributed by atoms with Gasteiger partial charge in [-0.25, -0.2) is 0 Å². The van der Waals surface area contributed by atoms with Crippen molar-refractivity contribution in [2.75, 3.05) is 31.7 Å². The molecule has 0 spiro atoms. The van der Waals surface area contributed by atoms with Crippen LogP contribution in [0.15, 0.2) is 78.9 Å². The van der Waals surface area contributed by atoms with E-state index in [1.807, 2.05) is 48.5 Å². The lowest BCUT2D eigenvalue weighted by atomic mass is 10.0. The second-order valence-corrected chi connectivity index (χ2v) is 7.90. The van der Waals surface area contributed by atoms with E-state index in [2.05, 4.69) is 29.2 Å². The molecule has 1 aliphatic rings. The van der Waals surface area contributed by atoms with Gasteiger partial charge in [0.05, 0.1) is 13.7 Å². The second-order valence-electron chi connectivity index (χ2n) is 7.90. The van der Waals surface area contributed by atoms with Gasteiger partial charge in [-0.1, -0.05) is 60.7 Å². The van der Waals surface area contributed by atoms with Crippen LogP contribution in [0.3, 0.4) is 0 Å². The molecule has 0 saturated heterocycles. The zero-order valence-electron chi connectivity index (χ0n) is 18.5. The van der Waals surface area contributed by atoms with E-state index in [1.54, 1.807) is 19.3 Å². The summed E-state index contributed by atoms with van der Waals surface area (Å²) in [6, 6.07) is 23.7. The molecular formula is C28H29NO3. The predicted octanol–water partition coefficient (Wildman–Crippen LogP) is 5.81. The number of aryl methyl sites for hydroxylation is 1. The number of ketones is 1. The van der Waals surface area contributed by atoms with Crippen molar-refractivity contribution in [3.8, 4) is 11.5 Å². The zero-order chi connectivity index (χ0) is 22.2. The summed E-state index contributed by atoms with van der Waals surface area (Å²) in [7, 11) is 1.63. The number of anilines is 1. The number of fused-ring (bicyclic) bond motifs is 1. The molecule has 164 valence electrons. The molecule has 32 heavy (non-hydrogen) atoms. The van der Waals surface area contributed by atoms with E-state index < -0.39 is 0 Å². The Morgan fingerprint density at radius 3 is 2.66 bits per heavy atom. The number of para-hydroxylation sites is 1. The Morgan fingerprint density at radius 2 is 1.81 bits per heavy atom. The van der Waals surface area contributed by atoms with Gasteiger partial charge in [0.25, 0.3) is 0 Å². The van der Waals surface area contributed by atoms with E-state index in [0.717, 1.165) is 37.2 Å². The van der Waals surface area contributed by atoms with Crippen LogP contribution in [-0.4, -0.2) is 32.6 Å². The average molecular weight is 428 g/mol. The first-order valence-corrected chi connectivity index (χ1v) is 11.2. The highest BCUT2D eigenvalue weighted by atomic mass is 16.5. The fraction of sp³-hybridized carbons (Fsp3) is 0.250. The molecule has 0 radical (unpaired) electrons. The van der Waals surface area contributed by atoms with E-state index in [4.69, 9.17) is 9.47 Å². The molecular weight excluding hydrogens is 398 g/mol. The Bertz CT molecular complexity index is 1080. The van der Waals surface area contributed by atoms with Crippen LogP contribution in [0, 0.1) is 0 Å². The highest BCUT2D eigenvalue weighted by molar-refractivity contribution is 6.06. The Hall–Kier alpha value is -3.53. The van der Waals surface area contributed by atoms with Crippen LogP contribution in [0.5, 0.6) is 11.5 Å². The molecule has 3 aromatic carbocycles. The number of methoxy groups -OCH3 is 1. The van der Waals surface area contributed by atoms with Gasteiger partial charge in [-0.3, -0.25) is 4.79 Å². The third-order valence-electron chi connectivity index (χ3n) is 5.71. The van der Waals surface area contributed by atoms with Gasteiger partial charge in [-0.2, -0.15) is 0 Å². The number of hydrogen-bond acceptors (Lipinski definition) is 4. The van der Waals surface area contributed by atoms with Gasteiger partial charge in [-0.15, -0.1) is 0 Å². The van der Waals surface area contributed by atoms with Crippen LogP contribution in [0.25, 0.3) is 6.08 Å². The van der Waals surface area contributed by atoms with E-state index in [9.17, 15) is 4.79 Å². The van der Waals surface area contributed by atoms with Crippen molar-refractivity contribution in [1.29, 1.82) is 0 Å². The summed E-state index contributed by atoms with van der Waals surface area (Å²) in [5.74, 6) is 1.37. The average Bonchev–Trinajstić information content (AvgIpc) is 2.86. The van der Waals surface area contributed by atoms with Crippen molar-refractivity contribution < 1.29 is 14.3 Å². The minimum Gasteiger partial charge on any atom is -0.493 e. The largest absolute Gasteiger partial charge is 0.493 e.